The molecule has 0 aliphatic carbocycles. The predicted octanol–water partition coefficient (Wildman–Crippen LogP) is 2.23. The molecule has 1 aromatic carbocycles. The van der Waals surface area contributed by atoms with Crippen LogP contribution >= 0.6 is 0 Å². The standard InChI is InChI=1S/C17H18N4O5/c1-17(26-16(23)20-24)11-21(15(22)19-17)10-12-2-4-13(5-3-12)25-14-6-8-18-9-7-14/h2-9,24H,10-11H2,1H3,(H,19,22)(H,20,23)/t17-/m1/s1. The van der Waals surface area contributed by atoms with Crippen molar-refractivity contribution in [2.75, 3.05) is 6.54 Å². The zero-order valence-electron chi connectivity index (χ0n) is 14.0. The van der Waals surface area contributed by atoms with Gasteiger partial charge in [-0.25, -0.2) is 15.1 Å². The van der Waals surface area contributed by atoms with Crippen LogP contribution < -0.4 is 15.5 Å². The molecule has 1 fully saturated rings. The minimum Gasteiger partial charge on any atom is -0.457 e. The third-order valence-corrected chi connectivity index (χ3v) is 3.74. The van der Waals surface area contributed by atoms with E-state index in [2.05, 4.69) is 10.3 Å². The summed E-state index contributed by atoms with van der Waals surface area (Å²) in [7, 11) is 0. The van der Waals surface area contributed by atoms with Gasteiger partial charge in [0.1, 0.15) is 11.5 Å². The van der Waals surface area contributed by atoms with Crippen molar-refractivity contribution >= 4 is 12.1 Å². The van der Waals surface area contributed by atoms with Gasteiger partial charge in [0.2, 0.25) is 5.72 Å². The van der Waals surface area contributed by atoms with Crippen molar-refractivity contribution in [2.45, 2.75) is 19.2 Å². The SMILES string of the molecule is C[C@@]1(OC(=O)NO)CN(Cc2ccc(Oc3ccncc3)cc2)C(=O)N1. The Kier molecular flexibility index (Phi) is 4.90. The number of pyridine rings is 1. The fraction of sp³-hybridized carbons (Fsp3) is 0.235. The van der Waals surface area contributed by atoms with Crippen molar-refractivity contribution in [3.05, 3.63) is 54.4 Å². The minimum atomic E-state index is -1.21. The van der Waals surface area contributed by atoms with Gasteiger partial charge in [0.05, 0.1) is 6.54 Å². The lowest BCUT2D eigenvalue weighted by Crippen LogP contribution is -2.46. The third kappa shape index (κ3) is 4.19. The van der Waals surface area contributed by atoms with Crippen LogP contribution in [0.2, 0.25) is 0 Å². The summed E-state index contributed by atoms with van der Waals surface area (Å²) in [6, 6.07) is 10.5. The molecular weight excluding hydrogens is 340 g/mol. The van der Waals surface area contributed by atoms with E-state index in [-0.39, 0.29) is 12.6 Å². The van der Waals surface area contributed by atoms with Crippen molar-refractivity contribution in [1.82, 2.24) is 20.7 Å². The maximum Gasteiger partial charge on any atom is 0.433 e. The molecule has 0 bridgehead atoms. The molecular formula is C17H18N4O5. The summed E-state index contributed by atoms with van der Waals surface area (Å²) in [6.45, 7) is 2.03. The highest BCUT2D eigenvalue weighted by atomic mass is 16.6. The molecule has 1 aliphatic rings. The molecule has 1 aromatic heterocycles. The molecule has 0 saturated carbocycles. The van der Waals surface area contributed by atoms with Crippen LogP contribution in [0.3, 0.4) is 0 Å². The fourth-order valence-corrected chi connectivity index (χ4v) is 2.62. The van der Waals surface area contributed by atoms with Gasteiger partial charge in [-0.05, 0) is 36.8 Å². The first-order chi connectivity index (χ1) is 12.5. The Morgan fingerprint density at radius 2 is 1.92 bits per heavy atom. The zero-order chi connectivity index (χ0) is 18.6. The lowest BCUT2D eigenvalue weighted by Gasteiger charge is -2.23. The quantitative estimate of drug-likeness (QED) is 0.558. The molecule has 26 heavy (non-hydrogen) atoms. The van der Waals surface area contributed by atoms with Gasteiger partial charge in [0, 0.05) is 18.9 Å². The Morgan fingerprint density at radius 1 is 1.27 bits per heavy atom. The van der Waals surface area contributed by atoms with E-state index in [4.69, 9.17) is 14.7 Å². The summed E-state index contributed by atoms with van der Waals surface area (Å²) >= 11 is 0. The van der Waals surface area contributed by atoms with E-state index >= 15 is 0 Å². The average Bonchev–Trinajstić information content (AvgIpc) is 2.90. The number of hydrogen-bond acceptors (Lipinski definition) is 6. The zero-order valence-corrected chi connectivity index (χ0v) is 14.0. The van der Waals surface area contributed by atoms with Gasteiger partial charge in [-0.15, -0.1) is 0 Å². The van der Waals surface area contributed by atoms with Crippen LogP contribution in [0, 0.1) is 0 Å². The maximum absolute atomic E-state index is 12.1. The summed E-state index contributed by atoms with van der Waals surface area (Å²) < 4.78 is 10.7. The molecule has 3 amide bonds. The number of hydroxylamine groups is 1. The first-order valence-electron chi connectivity index (χ1n) is 7.84. The molecule has 9 nitrogen and oxygen atoms in total. The van der Waals surface area contributed by atoms with Crippen molar-refractivity contribution in [1.29, 1.82) is 0 Å². The number of rotatable bonds is 5. The van der Waals surface area contributed by atoms with Gasteiger partial charge in [-0.3, -0.25) is 15.5 Å². The summed E-state index contributed by atoms with van der Waals surface area (Å²) in [5, 5.41) is 11.1. The molecule has 1 saturated heterocycles. The maximum atomic E-state index is 12.1. The molecule has 0 unspecified atom stereocenters. The molecule has 2 aromatic rings. The molecule has 1 atom stereocenters. The monoisotopic (exact) mass is 358 g/mol. The van der Waals surface area contributed by atoms with Crippen molar-refractivity contribution in [3.63, 3.8) is 0 Å². The largest absolute Gasteiger partial charge is 0.457 e. The molecule has 0 radical (unpaired) electrons. The Hall–Kier alpha value is -3.33. The minimum absolute atomic E-state index is 0.147. The lowest BCUT2D eigenvalue weighted by molar-refractivity contribution is -0.00436. The van der Waals surface area contributed by atoms with E-state index in [1.165, 1.54) is 10.4 Å². The normalized spacial score (nSPS) is 19.0. The second-order valence-electron chi connectivity index (χ2n) is 5.95. The van der Waals surface area contributed by atoms with Crippen LogP contribution in [0.5, 0.6) is 11.5 Å². The van der Waals surface area contributed by atoms with Crippen molar-refractivity contribution in [2.24, 2.45) is 0 Å². The average molecular weight is 358 g/mol. The van der Waals surface area contributed by atoms with Gasteiger partial charge >= 0.3 is 12.1 Å². The van der Waals surface area contributed by atoms with Crippen molar-refractivity contribution < 1.29 is 24.3 Å². The number of benzene rings is 1. The van der Waals surface area contributed by atoms with Gasteiger partial charge in [-0.2, -0.15) is 0 Å². The number of nitrogens with zero attached hydrogens (tertiary/aromatic N) is 2. The van der Waals surface area contributed by atoms with Gasteiger partial charge in [0.15, 0.2) is 0 Å². The van der Waals surface area contributed by atoms with Crippen LogP contribution in [0.1, 0.15) is 12.5 Å². The summed E-state index contributed by atoms with van der Waals surface area (Å²) in [6.07, 6.45) is 2.25. The van der Waals surface area contributed by atoms with Gasteiger partial charge in [0.25, 0.3) is 0 Å². The van der Waals surface area contributed by atoms with E-state index in [1.807, 2.05) is 12.1 Å². The number of amides is 3. The number of carbonyl (C=O) groups is 2. The Bertz CT molecular complexity index is 784. The highest BCUT2D eigenvalue weighted by Gasteiger charge is 2.41. The second kappa shape index (κ2) is 7.28. The Balaban J connectivity index is 1.60. The molecule has 3 rings (SSSR count). The summed E-state index contributed by atoms with van der Waals surface area (Å²) in [4.78, 5) is 28.7. The van der Waals surface area contributed by atoms with Gasteiger partial charge in [-0.1, -0.05) is 12.1 Å². The topological polar surface area (TPSA) is 113 Å². The van der Waals surface area contributed by atoms with Crippen LogP contribution in [-0.2, 0) is 11.3 Å². The first kappa shape index (κ1) is 17.5. The van der Waals surface area contributed by atoms with Crippen LogP contribution in [0.15, 0.2) is 48.8 Å². The van der Waals surface area contributed by atoms with E-state index in [1.54, 1.807) is 43.6 Å². The molecule has 136 valence electrons. The molecule has 3 N–H and O–H groups in total. The van der Waals surface area contributed by atoms with E-state index in [9.17, 15) is 9.59 Å². The summed E-state index contributed by atoms with van der Waals surface area (Å²) in [5.74, 6) is 1.35. The Labute approximate surface area is 149 Å². The number of ether oxygens (including phenoxy) is 2. The first-order valence-corrected chi connectivity index (χ1v) is 7.84. The van der Waals surface area contributed by atoms with Gasteiger partial charge < -0.3 is 14.4 Å². The number of nitrogens with one attached hydrogen (secondary N) is 2. The molecule has 2 heterocycles. The van der Waals surface area contributed by atoms with E-state index < -0.39 is 11.8 Å². The highest BCUT2D eigenvalue weighted by Crippen LogP contribution is 2.23. The summed E-state index contributed by atoms with van der Waals surface area (Å²) in [5.41, 5.74) is 1.05. The highest BCUT2D eigenvalue weighted by molar-refractivity contribution is 5.78. The van der Waals surface area contributed by atoms with Crippen LogP contribution in [-0.4, -0.2) is 39.5 Å². The van der Waals surface area contributed by atoms with E-state index in [0.717, 1.165) is 5.56 Å². The number of hydrogen-bond donors (Lipinski definition) is 3. The molecule has 0 spiro atoms. The molecule has 1 aliphatic heterocycles. The molecule has 9 heteroatoms. The predicted molar refractivity (Wildman–Crippen MR) is 89.5 cm³/mol. The smallest absolute Gasteiger partial charge is 0.433 e. The number of aromatic nitrogens is 1. The fourth-order valence-electron chi connectivity index (χ4n) is 2.62. The number of carbonyl (C=O) groups excluding carboxylic acids is 2. The van der Waals surface area contributed by atoms with Crippen LogP contribution in [0.4, 0.5) is 9.59 Å². The lowest BCUT2D eigenvalue weighted by atomic mass is 10.2. The Morgan fingerprint density at radius 3 is 2.58 bits per heavy atom. The number of urea groups is 1. The van der Waals surface area contributed by atoms with Crippen molar-refractivity contribution in [3.8, 4) is 11.5 Å². The van der Waals surface area contributed by atoms with E-state index in [0.29, 0.717) is 18.0 Å². The third-order valence-electron chi connectivity index (χ3n) is 3.74. The second-order valence-corrected chi connectivity index (χ2v) is 5.95. The van der Waals surface area contributed by atoms with Crippen LogP contribution in [0.25, 0.3) is 0 Å².